The predicted molar refractivity (Wildman–Crippen MR) is 49.9 cm³/mol. The fourth-order valence-corrected chi connectivity index (χ4v) is 1.39. The Balaban J connectivity index is 3.25. The molecule has 0 bridgehead atoms. The number of nitriles is 1. The van der Waals surface area contributed by atoms with E-state index in [2.05, 4.69) is 15.9 Å². The van der Waals surface area contributed by atoms with E-state index < -0.39 is 0 Å². The Bertz CT molecular complexity index is 341. The number of rotatable bonds is 1. The molecule has 0 heterocycles. The lowest BCUT2D eigenvalue weighted by Gasteiger charge is -2.05. The largest absolute Gasteiger partial charge is 0.508 e. The van der Waals surface area contributed by atoms with Crippen LogP contribution in [-0.2, 0) is 6.42 Å². The van der Waals surface area contributed by atoms with E-state index in [0.717, 1.165) is 10.0 Å². The van der Waals surface area contributed by atoms with Crippen molar-refractivity contribution < 1.29 is 5.11 Å². The smallest absolute Gasteiger partial charge is 0.120 e. The Kier molecular flexibility index (Phi) is 2.72. The summed E-state index contributed by atoms with van der Waals surface area (Å²) in [4.78, 5) is 0. The molecule has 0 aliphatic carbocycles. The van der Waals surface area contributed by atoms with Crippen LogP contribution in [0.15, 0.2) is 16.6 Å². The molecule has 0 saturated carbocycles. The molecule has 0 aliphatic rings. The van der Waals surface area contributed by atoms with Crippen molar-refractivity contribution in [1.29, 1.82) is 5.26 Å². The second-order valence-electron chi connectivity index (χ2n) is 2.50. The maximum atomic E-state index is 9.37. The molecule has 0 atom stereocenters. The van der Waals surface area contributed by atoms with E-state index in [1.165, 1.54) is 0 Å². The van der Waals surface area contributed by atoms with Gasteiger partial charge in [-0.05, 0) is 24.6 Å². The van der Waals surface area contributed by atoms with Crippen LogP contribution in [0.5, 0.6) is 5.75 Å². The fraction of sp³-hybridized carbons (Fsp3) is 0.222. The number of phenolic OH excluding ortho intramolecular Hbond substituents is 1. The Morgan fingerprint density at radius 1 is 1.58 bits per heavy atom. The SMILES string of the molecule is Cc1c(Br)ccc(O)c1CC#N. The fourth-order valence-electron chi connectivity index (χ4n) is 1.02. The number of hydrogen-bond acceptors (Lipinski definition) is 2. The third-order valence-electron chi connectivity index (χ3n) is 1.76. The molecule has 0 aliphatic heterocycles. The molecule has 3 heteroatoms. The molecule has 62 valence electrons. The zero-order valence-corrected chi connectivity index (χ0v) is 8.22. The highest BCUT2D eigenvalue weighted by Gasteiger charge is 2.06. The van der Waals surface area contributed by atoms with Crippen LogP contribution in [0.3, 0.4) is 0 Å². The van der Waals surface area contributed by atoms with Gasteiger partial charge in [-0.3, -0.25) is 0 Å². The van der Waals surface area contributed by atoms with Gasteiger partial charge >= 0.3 is 0 Å². The van der Waals surface area contributed by atoms with Gasteiger partial charge in [0, 0.05) is 10.0 Å². The molecule has 1 rings (SSSR count). The topological polar surface area (TPSA) is 44.0 Å². The molecular formula is C9H8BrNO. The Hall–Kier alpha value is -1.01. The van der Waals surface area contributed by atoms with E-state index in [-0.39, 0.29) is 12.2 Å². The summed E-state index contributed by atoms with van der Waals surface area (Å²) in [6.45, 7) is 1.87. The zero-order chi connectivity index (χ0) is 9.14. The minimum Gasteiger partial charge on any atom is -0.508 e. The van der Waals surface area contributed by atoms with E-state index in [1.807, 2.05) is 13.0 Å². The highest BCUT2D eigenvalue weighted by atomic mass is 79.9. The molecule has 1 N–H and O–H groups in total. The van der Waals surface area contributed by atoms with Gasteiger partial charge in [-0.2, -0.15) is 5.26 Å². The van der Waals surface area contributed by atoms with Crippen LogP contribution < -0.4 is 0 Å². The van der Waals surface area contributed by atoms with Gasteiger partial charge in [-0.15, -0.1) is 0 Å². The first-order chi connectivity index (χ1) is 5.66. The van der Waals surface area contributed by atoms with Gasteiger partial charge in [0.05, 0.1) is 12.5 Å². The van der Waals surface area contributed by atoms with E-state index in [1.54, 1.807) is 12.1 Å². The second-order valence-corrected chi connectivity index (χ2v) is 3.36. The lowest BCUT2D eigenvalue weighted by molar-refractivity contribution is 0.469. The Labute approximate surface area is 79.6 Å². The number of nitrogens with zero attached hydrogens (tertiary/aromatic N) is 1. The first kappa shape index (κ1) is 9.08. The molecule has 1 aromatic rings. The summed E-state index contributed by atoms with van der Waals surface area (Å²) < 4.78 is 0.922. The van der Waals surface area contributed by atoms with E-state index in [9.17, 15) is 5.11 Å². The number of phenols is 1. The molecular weight excluding hydrogens is 218 g/mol. The van der Waals surface area contributed by atoms with Crippen LogP contribution in [-0.4, -0.2) is 5.11 Å². The summed E-state index contributed by atoms with van der Waals surface area (Å²) in [5.74, 6) is 0.192. The van der Waals surface area contributed by atoms with Crippen molar-refractivity contribution in [3.63, 3.8) is 0 Å². The first-order valence-electron chi connectivity index (χ1n) is 3.50. The molecule has 0 unspecified atom stereocenters. The zero-order valence-electron chi connectivity index (χ0n) is 6.63. The average Bonchev–Trinajstić information content (AvgIpc) is 2.06. The highest BCUT2D eigenvalue weighted by Crippen LogP contribution is 2.27. The number of hydrogen-bond donors (Lipinski definition) is 1. The lowest BCUT2D eigenvalue weighted by Crippen LogP contribution is -1.89. The maximum absolute atomic E-state index is 9.37. The summed E-state index contributed by atoms with van der Waals surface area (Å²) in [5, 5.41) is 17.9. The quantitative estimate of drug-likeness (QED) is 0.799. The van der Waals surface area contributed by atoms with Gasteiger partial charge in [0.25, 0.3) is 0 Å². The van der Waals surface area contributed by atoms with Gasteiger partial charge in [0.2, 0.25) is 0 Å². The molecule has 1 aromatic carbocycles. The third-order valence-corrected chi connectivity index (χ3v) is 2.62. The van der Waals surface area contributed by atoms with Crippen LogP contribution in [0.4, 0.5) is 0 Å². The van der Waals surface area contributed by atoms with Crippen molar-refractivity contribution in [1.82, 2.24) is 0 Å². The van der Waals surface area contributed by atoms with Crippen LogP contribution >= 0.6 is 15.9 Å². The summed E-state index contributed by atoms with van der Waals surface area (Å²) >= 11 is 3.33. The summed E-state index contributed by atoms with van der Waals surface area (Å²) in [6, 6.07) is 5.37. The van der Waals surface area contributed by atoms with Crippen LogP contribution in [0.25, 0.3) is 0 Å². The summed E-state index contributed by atoms with van der Waals surface area (Å²) in [6.07, 6.45) is 0.247. The van der Waals surface area contributed by atoms with Crippen LogP contribution in [0.1, 0.15) is 11.1 Å². The molecule has 0 aromatic heterocycles. The normalized spacial score (nSPS) is 9.42. The Morgan fingerprint density at radius 3 is 2.83 bits per heavy atom. The van der Waals surface area contributed by atoms with Crippen molar-refractivity contribution in [2.24, 2.45) is 0 Å². The van der Waals surface area contributed by atoms with Crippen molar-refractivity contribution in [2.45, 2.75) is 13.3 Å². The van der Waals surface area contributed by atoms with Crippen molar-refractivity contribution in [2.75, 3.05) is 0 Å². The standard InChI is InChI=1S/C9H8BrNO/c1-6-7(4-5-11)9(12)3-2-8(6)10/h2-3,12H,4H2,1H3. The monoisotopic (exact) mass is 225 g/mol. The summed E-state index contributed by atoms with van der Waals surface area (Å²) in [5.41, 5.74) is 1.63. The van der Waals surface area contributed by atoms with Gasteiger partial charge in [-0.25, -0.2) is 0 Å². The first-order valence-corrected chi connectivity index (χ1v) is 4.30. The van der Waals surface area contributed by atoms with E-state index >= 15 is 0 Å². The summed E-state index contributed by atoms with van der Waals surface area (Å²) in [7, 11) is 0. The molecule has 0 fully saturated rings. The third kappa shape index (κ3) is 1.59. The molecule has 0 amide bonds. The van der Waals surface area contributed by atoms with Gasteiger partial charge < -0.3 is 5.11 Å². The number of halogens is 1. The minimum absolute atomic E-state index is 0.192. The van der Waals surface area contributed by atoms with E-state index in [0.29, 0.717) is 5.56 Å². The van der Waals surface area contributed by atoms with Crippen molar-refractivity contribution in [3.05, 3.63) is 27.7 Å². The number of aromatic hydroxyl groups is 1. The number of benzene rings is 1. The molecule has 12 heavy (non-hydrogen) atoms. The van der Waals surface area contributed by atoms with Crippen molar-refractivity contribution in [3.8, 4) is 11.8 Å². The van der Waals surface area contributed by atoms with Crippen molar-refractivity contribution >= 4 is 15.9 Å². The highest BCUT2D eigenvalue weighted by molar-refractivity contribution is 9.10. The Morgan fingerprint density at radius 2 is 2.25 bits per heavy atom. The van der Waals surface area contributed by atoms with Crippen LogP contribution in [0, 0.1) is 18.3 Å². The van der Waals surface area contributed by atoms with E-state index in [4.69, 9.17) is 5.26 Å². The average molecular weight is 226 g/mol. The molecule has 2 nitrogen and oxygen atoms in total. The predicted octanol–water partition coefficient (Wildman–Crippen LogP) is 2.53. The lowest BCUT2D eigenvalue weighted by atomic mass is 10.1. The molecule has 0 radical (unpaired) electrons. The van der Waals surface area contributed by atoms with Gasteiger partial charge in [0.1, 0.15) is 5.75 Å². The van der Waals surface area contributed by atoms with Gasteiger partial charge in [0.15, 0.2) is 0 Å². The van der Waals surface area contributed by atoms with Crippen LogP contribution in [0.2, 0.25) is 0 Å². The molecule has 0 spiro atoms. The minimum atomic E-state index is 0.192. The van der Waals surface area contributed by atoms with Gasteiger partial charge in [-0.1, -0.05) is 15.9 Å². The second kappa shape index (κ2) is 3.59. The molecule has 0 saturated heterocycles. The maximum Gasteiger partial charge on any atom is 0.120 e.